The van der Waals surface area contributed by atoms with Crippen molar-refractivity contribution in [3.63, 3.8) is 0 Å². The Kier molecular flexibility index (Phi) is 7.01. The van der Waals surface area contributed by atoms with Crippen LogP contribution in [0.25, 0.3) is 22.2 Å². The number of hydrogen-bond acceptors (Lipinski definition) is 8. The van der Waals surface area contributed by atoms with Crippen LogP contribution in [-0.4, -0.2) is 83.8 Å². The lowest BCUT2D eigenvalue weighted by atomic mass is 10.0. The van der Waals surface area contributed by atoms with E-state index in [1.165, 1.54) is 18.6 Å². The van der Waals surface area contributed by atoms with E-state index >= 15 is 0 Å². The number of nitrogen functional groups attached to an aromatic ring is 1. The van der Waals surface area contributed by atoms with E-state index in [1.54, 1.807) is 13.3 Å². The second-order valence-electron chi connectivity index (χ2n) is 10.7. The van der Waals surface area contributed by atoms with Crippen molar-refractivity contribution in [1.29, 1.82) is 0 Å². The summed E-state index contributed by atoms with van der Waals surface area (Å²) in [5, 5.41) is 4.51. The van der Waals surface area contributed by atoms with Crippen molar-refractivity contribution in [2.24, 2.45) is 7.05 Å². The minimum atomic E-state index is 0.499. The lowest BCUT2D eigenvalue weighted by molar-refractivity contribution is 0.0982. The Morgan fingerprint density at radius 3 is 2.51 bits per heavy atom. The zero-order valence-corrected chi connectivity index (χ0v) is 23.1. The number of aryl methyl sites for hydroxylation is 1. The van der Waals surface area contributed by atoms with Gasteiger partial charge >= 0.3 is 0 Å². The van der Waals surface area contributed by atoms with Crippen molar-refractivity contribution < 1.29 is 4.74 Å². The van der Waals surface area contributed by atoms with E-state index in [2.05, 4.69) is 74.1 Å². The number of piperidine rings is 1. The van der Waals surface area contributed by atoms with Gasteiger partial charge in [-0.2, -0.15) is 0 Å². The van der Waals surface area contributed by atoms with Gasteiger partial charge in [-0.05, 0) is 38.1 Å². The van der Waals surface area contributed by atoms with Crippen molar-refractivity contribution >= 4 is 33.9 Å². The van der Waals surface area contributed by atoms with Crippen LogP contribution in [0.4, 0.5) is 23.0 Å². The largest absolute Gasteiger partial charge is 0.494 e. The van der Waals surface area contributed by atoms with Gasteiger partial charge in [0.2, 0.25) is 5.95 Å². The van der Waals surface area contributed by atoms with E-state index in [0.717, 1.165) is 78.5 Å². The molecule has 2 aliphatic heterocycles. The van der Waals surface area contributed by atoms with E-state index in [1.807, 2.05) is 18.2 Å². The van der Waals surface area contributed by atoms with Gasteiger partial charge in [-0.25, -0.2) is 9.97 Å². The number of hydrogen-bond donors (Lipinski definition) is 2. The number of nitrogens with zero attached hydrogens (tertiary/aromatic N) is 6. The van der Waals surface area contributed by atoms with Crippen molar-refractivity contribution in [2.45, 2.75) is 18.9 Å². The van der Waals surface area contributed by atoms with Gasteiger partial charge < -0.3 is 30.2 Å². The van der Waals surface area contributed by atoms with Gasteiger partial charge in [0.05, 0.1) is 29.9 Å². The van der Waals surface area contributed by atoms with E-state index < -0.39 is 0 Å². The first-order valence-corrected chi connectivity index (χ1v) is 13.8. The maximum Gasteiger partial charge on any atom is 0.227 e. The Balaban J connectivity index is 1.19. The van der Waals surface area contributed by atoms with Crippen LogP contribution < -0.4 is 20.7 Å². The molecule has 4 heterocycles. The summed E-state index contributed by atoms with van der Waals surface area (Å²) in [4.78, 5) is 16.8. The Morgan fingerprint density at radius 2 is 1.74 bits per heavy atom. The fourth-order valence-corrected chi connectivity index (χ4v) is 6.02. The Bertz CT molecular complexity index is 1450. The number of nitrogens with two attached hydrogens (primary N) is 1. The summed E-state index contributed by atoms with van der Waals surface area (Å²) in [7, 11) is 5.95. The summed E-state index contributed by atoms with van der Waals surface area (Å²) in [6.45, 7) is 6.64. The molecule has 0 bridgehead atoms. The normalized spacial score (nSPS) is 17.6. The second-order valence-corrected chi connectivity index (χ2v) is 10.7. The highest BCUT2D eigenvalue weighted by molar-refractivity contribution is 5.95. The quantitative estimate of drug-likeness (QED) is 0.362. The SMILES string of the molecule is COc1cc(N2CCC(N3CCN(C)CC3)CC2)c(N)cc1Nc1nccc(-c2cn(C)c3ccccc23)n1. The van der Waals surface area contributed by atoms with Crippen LogP contribution in [0.5, 0.6) is 5.75 Å². The average Bonchev–Trinajstić information content (AvgIpc) is 3.30. The van der Waals surface area contributed by atoms with Crippen LogP contribution >= 0.6 is 0 Å². The van der Waals surface area contributed by atoms with Gasteiger partial charge in [0.1, 0.15) is 5.75 Å². The Hall–Kier alpha value is -3.82. The van der Waals surface area contributed by atoms with E-state index in [0.29, 0.717) is 12.0 Å². The minimum absolute atomic E-state index is 0.499. The molecule has 0 saturated carbocycles. The van der Waals surface area contributed by atoms with Gasteiger partial charge in [-0.3, -0.25) is 4.90 Å². The van der Waals surface area contributed by atoms with Crippen molar-refractivity contribution in [1.82, 2.24) is 24.3 Å². The van der Waals surface area contributed by atoms with Crippen LogP contribution in [-0.2, 0) is 7.05 Å². The van der Waals surface area contributed by atoms with Crippen LogP contribution in [0.2, 0.25) is 0 Å². The summed E-state index contributed by atoms with van der Waals surface area (Å²) in [5.74, 6) is 1.22. The summed E-state index contributed by atoms with van der Waals surface area (Å²) in [6.07, 6.45) is 6.19. The second kappa shape index (κ2) is 10.7. The number of piperazine rings is 1. The van der Waals surface area contributed by atoms with Crippen LogP contribution in [0.3, 0.4) is 0 Å². The summed E-state index contributed by atoms with van der Waals surface area (Å²) < 4.78 is 7.91. The molecule has 0 aliphatic carbocycles. The molecule has 2 fully saturated rings. The standard InChI is InChI=1S/C30H38N8O/c1-35-14-16-37(17-15-35)21-9-12-38(13-10-21)28-19-29(39-3)26(18-24(28)31)34-30-32-11-8-25(33-30)23-20-36(2)27-7-5-4-6-22(23)27/h4-8,11,18-21H,9-10,12-17,31H2,1-3H3,(H,32,33,34). The van der Waals surface area contributed by atoms with Crippen LogP contribution in [0.15, 0.2) is 54.9 Å². The number of nitrogens with one attached hydrogen (secondary N) is 1. The predicted octanol–water partition coefficient (Wildman–Crippen LogP) is 4.19. The highest BCUT2D eigenvalue weighted by atomic mass is 16.5. The average molecular weight is 527 g/mol. The van der Waals surface area contributed by atoms with Gasteiger partial charge in [0.25, 0.3) is 0 Å². The zero-order chi connectivity index (χ0) is 26.9. The third kappa shape index (κ3) is 5.12. The first-order valence-electron chi connectivity index (χ1n) is 13.8. The van der Waals surface area contributed by atoms with E-state index in [4.69, 9.17) is 15.5 Å². The molecule has 6 rings (SSSR count). The summed E-state index contributed by atoms with van der Waals surface area (Å²) >= 11 is 0. The van der Waals surface area contributed by atoms with Crippen molar-refractivity contribution in [3.8, 4) is 17.0 Å². The predicted molar refractivity (Wildman–Crippen MR) is 159 cm³/mol. The molecule has 4 aromatic rings. The first kappa shape index (κ1) is 25.5. The highest BCUT2D eigenvalue weighted by Gasteiger charge is 2.28. The third-order valence-electron chi connectivity index (χ3n) is 8.28. The van der Waals surface area contributed by atoms with Crippen LogP contribution in [0, 0.1) is 0 Å². The fourth-order valence-electron chi connectivity index (χ4n) is 6.02. The first-order chi connectivity index (χ1) is 19.0. The molecule has 2 aromatic heterocycles. The molecule has 9 nitrogen and oxygen atoms in total. The maximum atomic E-state index is 6.61. The smallest absolute Gasteiger partial charge is 0.227 e. The van der Waals surface area contributed by atoms with Crippen molar-refractivity contribution in [2.75, 3.05) is 69.4 Å². The number of rotatable bonds is 6. The number of likely N-dealkylation sites (N-methyl/N-ethyl adjacent to an activating group) is 1. The van der Waals surface area contributed by atoms with Crippen LogP contribution in [0.1, 0.15) is 12.8 Å². The molecule has 2 aliphatic rings. The summed E-state index contributed by atoms with van der Waals surface area (Å²) in [5.41, 5.74) is 12.2. The summed E-state index contributed by atoms with van der Waals surface area (Å²) in [6, 6.07) is 14.9. The molecule has 2 aromatic carbocycles. The molecule has 0 spiro atoms. The lowest BCUT2D eigenvalue weighted by Crippen LogP contribution is -2.52. The van der Waals surface area contributed by atoms with Gasteiger partial charge in [0, 0.05) is 87.3 Å². The van der Waals surface area contributed by atoms with Gasteiger partial charge in [-0.15, -0.1) is 0 Å². The number of para-hydroxylation sites is 1. The lowest BCUT2D eigenvalue weighted by Gasteiger charge is -2.42. The van der Waals surface area contributed by atoms with E-state index in [9.17, 15) is 0 Å². The monoisotopic (exact) mass is 526 g/mol. The zero-order valence-electron chi connectivity index (χ0n) is 23.1. The molecule has 0 atom stereocenters. The molecular formula is C30H38N8O. The molecule has 2 saturated heterocycles. The topological polar surface area (TPSA) is 87.7 Å². The fraction of sp³-hybridized carbons (Fsp3) is 0.400. The number of ether oxygens (including phenoxy) is 1. The highest BCUT2D eigenvalue weighted by Crippen LogP contribution is 2.38. The molecule has 3 N–H and O–H groups in total. The number of methoxy groups -OCH3 is 1. The molecule has 204 valence electrons. The van der Waals surface area contributed by atoms with Gasteiger partial charge in [-0.1, -0.05) is 18.2 Å². The Labute approximate surface area is 230 Å². The van der Waals surface area contributed by atoms with Crippen molar-refractivity contribution in [3.05, 3.63) is 54.9 Å². The number of fused-ring (bicyclic) bond motifs is 1. The number of anilines is 4. The minimum Gasteiger partial charge on any atom is -0.494 e. The Morgan fingerprint density at radius 1 is 0.974 bits per heavy atom. The maximum absolute atomic E-state index is 6.61. The molecule has 9 heteroatoms. The molecule has 39 heavy (non-hydrogen) atoms. The number of aromatic nitrogens is 3. The molecule has 0 radical (unpaired) electrons. The van der Waals surface area contributed by atoms with Gasteiger partial charge in [0.15, 0.2) is 0 Å². The molecule has 0 unspecified atom stereocenters. The number of benzene rings is 2. The molecular weight excluding hydrogens is 488 g/mol. The third-order valence-corrected chi connectivity index (χ3v) is 8.28. The molecule has 0 amide bonds. The van der Waals surface area contributed by atoms with E-state index in [-0.39, 0.29) is 0 Å².